The van der Waals surface area contributed by atoms with Crippen molar-refractivity contribution in [2.24, 2.45) is 11.8 Å². The number of halogens is 2. The van der Waals surface area contributed by atoms with Gasteiger partial charge in [0.05, 0.1) is 16.7 Å². The Hall–Kier alpha value is -3.06. The quantitative estimate of drug-likeness (QED) is 0.272. The zero-order valence-electron chi connectivity index (χ0n) is 23.6. The van der Waals surface area contributed by atoms with Gasteiger partial charge in [0.2, 0.25) is 5.91 Å². The summed E-state index contributed by atoms with van der Waals surface area (Å²) in [4.78, 5) is 28.6. The molecule has 4 atom stereocenters. The number of piperidine rings is 1. The smallest absolute Gasteiger partial charge is 0.424 e. The van der Waals surface area contributed by atoms with Gasteiger partial charge in [0.15, 0.2) is 0 Å². The number of carbonyl (C=O) groups excluding carboxylic acids is 2. The summed E-state index contributed by atoms with van der Waals surface area (Å²) >= 11 is 12.9. The molecular formula is C33H37Cl2N3O3. The maximum atomic E-state index is 13.5. The Morgan fingerprint density at radius 2 is 1.66 bits per heavy atom. The molecule has 4 unspecified atom stereocenters. The van der Waals surface area contributed by atoms with E-state index in [1.54, 1.807) is 11.9 Å². The van der Waals surface area contributed by atoms with E-state index in [1.807, 2.05) is 71.6 Å². The fourth-order valence-corrected chi connectivity index (χ4v) is 6.76. The molecule has 216 valence electrons. The van der Waals surface area contributed by atoms with E-state index in [1.165, 1.54) is 5.56 Å². The Labute approximate surface area is 252 Å². The number of hydrogen-bond donors (Lipinski definition) is 0. The summed E-state index contributed by atoms with van der Waals surface area (Å²) in [5.41, 5.74) is 3.01. The number of para-hydroxylation sites is 1. The van der Waals surface area contributed by atoms with Gasteiger partial charge in [0.1, 0.15) is 0 Å². The van der Waals surface area contributed by atoms with Gasteiger partial charge in [-0.3, -0.25) is 4.79 Å². The summed E-state index contributed by atoms with van der Waals surface area (Å²) in [5, 5.41) is 4.89. The molecule has 3 aromatic rings. The van der Waals surface area contributed by atoms with E-state index >= 15 is 0 Å². The minimum absolute atomic E-state index is 0.00550. The standard InChI is InChI=1S/C33H37Cl2N3O3/c1-3-10-25-19-37(33(40)41-22-25)36-20-27(17-24-11-6-4-7-12-24)32(38(23(2)39)28-13-8-5-9-14-28)29(21-36)26-15-16-30(34)31(35)18-26/h4-9,11-16,18,25,27,29,32H,3,10,17,19-22H2,1-2H3. The number of cyclic esters (lactones) is 1. The first kappa shape index (κ1) is 29.4. The number of anilines is 1. The molecule has 3 aromatic carbocycles. The van der Waals surface area contributed by atoms with Crippen LogP contribution in [-0.2, 0) is 16.0 Å². The van der Waals surface area contributed by atoms with Crippen molar-refractivity contribution in [3.05, 3.63) is 100 Å². The van der Waals surface area contributed by atoms with E-state index in [2.05, 4.69) is 24.1 Å². The summed E-state index contributed by atoms with van der Waals surface area (Å²) in [6, 6.07) is 25.7. The van der Waals surface area contributed by atoms with Crippen molar-refractivity contribution in [2.75, 3.05) is 31.1 Å². The van der Waals surface area contributed by atoms with Gasteiger partial charge in [-0.25, -0.2) is 14.8 Å². The highest BCUT2D eigenvalue weighted by Crippen LogP contribution is 2.41. The van der Waals surface area contributed by atoms with Gasteiger partial charge in [0, 0.05) is 50.1 Å². The van der Waals surface area contributed by atoms with Crippen LogP contribution >= 0.6 is 23.2 Å². The SMILES string of the molecule is CCCC1COC(=O)N(N2CC(Cc3ccccc3)C(N(C(C)=O)c3ccccc3)C(c3ccc(Cl)c(Cl)c3)C2)C1. The highest BCUT2D eigenvalue weighted by Gasteiger charge is 2.46. The average molecular weight is 595 g/mol. The van der Waals surface area contributed by atoms with Crippen molar-refractivity contribution in [3.8, 4) is 0 Å². The van der Waals surface area contributed by atoms with Crippen molar-refractivity contribution < 1.29 is 14.3 Å². The maximum Gasteiger partial charge on any atom is 0.424 e. The third kappa shape index (κ3) is 6.72. The minimum Gasteiger partial charge on any atom is -0.448 e. The topological polar surface area (TPSA) is 53.1 Å². The van der Waals surface area contributed by atoms with Crippen molar-refractivity contribution in [1.29, 1.82) is 0 Å². The molecule has 0 bridgehead atoms. The molecule has 2 fully saturated rings. The largest absolute Gasteiger partial charge is 0.448 e. The van der Waals surface area contributed by atoms with E-state index in [-0.39, 0.29) is 35.8 Å². The van der Waals surface area contributed by atoms with Crippen molar-refractivity contribution in [2.45, 2.75) is 45.1 Å². The Morgan fingerprint density at radius 1 is 0.951 bits per heavy atom. The fraction of sp³-hybridized carbons (Fsp3) is 0.394. The number of hydrogen-bond acceptors (Lipinski definition) is 4. The van der Waals surface area contributed by atoms with Crippen LogP contribution in [0.4, 0.5) is 10.5 Å². The van der Waals surface area contributed by atoms with Gasteiger partial charge in [-0.05, 0) is 54.2 Å². The van der Waals surface area contributed by atoms with Crippen molar-refractivity contribution in [3.63, 3.8) is 0 Å². The molecule has 2 aliphatic heterocycles. The Balaban J connectivity index is 1.61. The van der Waals surface area contributed by atoms with Crippen LogP contribution in [0.3, 0.4) is 0 Å². The Kier molecular flexibility index (Phi) is 9.53. The van der Waals surface area contributed by atoms with Crippen LogP contribution in [0.1, 0.15) is 43.7 Å². The van der Waals surface area contributed by atoms with Gasteiger partial charge in [-0.2, -0.15) is 0 Å². The molecule has 41 heavy (non-hydrogen) atoms. The second-order valence-electron chi connectivity index (χ2n) is 11.1. The van der Waals surface area contributed by atoms with Gasteiger partial charge < -0.3 is 9.64 Å². The zero-order valence-corrected chi connectivity index (χ0v) is 25.1. The van der Waals surface area contributed by atoms with Crippen molar-refractivity contribution >= 4 is 40.9 Å². The van der Waals surface area contributed by atoms with Crippen molar-refractivity contribution in [1.82, 2.24) is 10.0 Å². The highest BCUT2D eigenvalue weighted by atomic mass is 35.5. The van der Waals surface area contributed by atoms with Gasteiger partial charge in [0.25, 0.3) is 0 Å². The van der Waals surface area contributed by atoms with E-state index in [0.29, 0.717) is 36.3 Å². The van der Waals surface area contributed by atoms with Crippen LogP contribution in [0.15, 0.2) is 78.9 Å². The Morgan fingerprint density at radius 3 is 2.32 bits per heavy atom. The summed E-state index contributed by atoms with van der Waals surface area (Å²) in [5.74, 6) is 0.0902. The summed E-state index contributed by atoms with van der Waals surface area (Å²) in [7, 11) is 0. The summed E-state index contributed by atoms with van der Waals surface area (Å²) < 4.78 is 5.66. The molecule has 0 aliphatic carbocycles. The first-order valence-corrected chi connectivity index (χ1v) is 15.1. The van der Waals surface area contributed by atoms with Crippen LogP contribution in [0.2, 0.25) is 10.0 Å². The molecule has 2 aliphatic rings. The summed E-state index contributed by atoms with van der Waals surface area (Å²) in [6.45, 7) is 5.99. The van der Waals surface area contributed by atoms with Gasteiger partial charge in [-0.15, -0.1) is 0 Å². The molecular weight excluding hydrogens is 557 g/mol. The number of amides is 2. The number of rotatable bonds is 8. The first-order chi connectivity index (χ1) is 19.9. The second-order valence-corrected chi connectivity index (χ2v) is 11.9. The number of benzene rings is 3. The minimum atomic E-state index is -0.311. The number of nitrogens with zero attached hydrogens (tertiary/aromatic N) is 3. The molecule has 0 saturated carbocycles. The van der Waals surface area contributed by atoms with Gasteiger partial charge >= 0.3 is 6.09 Å². The van der Waals surface area contributed by atoms with Crippen LogP contribution in [-0.4, -0.2) is 54.3 Å². The summed E-state index contributed by atoms with van der Waals surface area (Å²) in [6.07, 6.45) is 2.45. The monoisotopic (exact) mass is 593 g/mol. The van der Waals surface area contributed by atoms with E-state index < -0.39 is 0 Å². The molecule has 5 rings (SSSR count). The van der Waals surface area contributed by atoms with E-state index in [0.717, 1.165) is 30.5 Å². The molecule has 0 radical (unpaired) electrons. The van der Waals surface area contributed by atoms with Gasteiger partial charge in [-0.1, -0.05) is 91.1 Å². The fourth-order valence-electron chi connectivity index (χ4n) is 6.45. The zero-order chi connectivity index (χ0) is 28.9. The number of carbonyl (C=O) groups is 2. The molecule has 2 heterocycles. The normalized spacial score (nSPS) is 23.2. The molecule has 8 heteroatoms. The highest BCUT2D eigenvalue weighted by molar-refractivity contribution is 6.42. The lowest BCUT2D eigenvalue weighted by atomic mass is 9.76. The first-order valence-electron chi connectivity index (χ1n) is 14.4. The Bertz CT molecular complexity index is 1340. The number of ether oxygens (including phenoxy) is 1. The predicted molar refractivity (Wildman–Crippen MR) is 164 cm³/mol. The van der Waals surface area contributed by atoms with Crippen LogP contribution in [0.25, 0.3) is 0 Å². The van der Waals surface area contributed by atoms with Crippen LogP contribution in [0, 0.1) is 11.8 Å². The second kappa shape index (κ2) is 13.3. The number of hydrazine groups is 1. The predicted octanol–water partition coefficient (Wildman–Crippen LogP) is 7.46. The van der Waals surface area contributed by atoms with E-state index in [4.69, 9.17) is 27.9 Å². The molecule has 2 saturated heterocycles. The molecule has 6 nitrogen and oxygen atoms in total. The third-order valence-electron chi connectivity index (χ3n) is 8.25. The maximum absolute atomic E-state index is 13.5. The lowest BCUT2D eigenvalue weighted by Crippen LogP contribution is -2.63. The third-order valence-corrected chi connectivity index (χ3v) is 8.99. The van der Waals surface area contributed by atoms with Crippen LogP contribution in [0.5, 0.6) is 0 Å². The van der Waals surface area contributed by atoms with Crippen LogP contribution < -0.4 is 4.90 Å². The molecule has 0 N–H and O–H groups in total. The average Bonchev–Trinajstić information content (AvgIpc) is 2.97. The molecule has 2 amide bonds. The van der Waals surface area contributed by atoms with E-state index in [9.17, 15) is 9.59 Å². The molecule has 0 aromatic heterocycles. The lowest BCUT2D eigenvalue weighted by molar-refractivity contribution is -0.119. The lowest BCUT2D eigenvalue weighted by Gasteiger charge is -2.51. The molecule has 0 spiro atoms.